The standard InChI is InChI=1S/C24H28ClN5O3/c1-15(2)13-29(20(31)12-27-19-11-7-10-18(25)16(19)3)21-22(26)30(24(33)28-23(21)32)14-17-8-5-4-6-9-17/h4-11,15,27H,12-14,26H2,1-3H3,(H,28,32,33). The minimum atomic E-state index is -0.699. The zero-order valence-electron chi connectivity index (χ0n) is 18.9. The lowest BCUT2D eigenvalue weighted by Crippen LogP contribution is -2.44. The maximum Gasteiger partial charge on any atom is 0.330 e. The number of nitrogen functional groups attached to an aromatic ring is 1. The van der Waals surface area contributed by atoms with E-state index in [0.29, 0.717) is 5.02 Å². The summed E-state index contributed by atoms with van der Waals surface area (Å²) in [5.41, 5.74) is 7.32. The molecule has 1 heterocycles. The Kier molecular flexibility index (Phi) is 7.60. The van der Waals surface area contributed by atoms with E-state index >= 15 is 0 Å². The predicted octanol–water partition coefficient (Wildman–Crippen LogP) is 3.23. The number of H-pyrrole nitrogens is 1. The Hall–Kier alpha value is -3.52. The molecule has 3 aromatic rings. The first-order valence-electron chi connectivity index (χ1n) is 10.6. The third-order valence-corrected chi connectivity index (χ3v) is 5.62. The number of amides is 1. The van der Waals surface area contributed by atoms with E-state index in [9.17, 15) is 14.4 Å². The molecule has 4 N–H and O–H groups in total. The summed E-state index contributed by atoms with van der Waals surface area (Å²) < 4.78 is 1.27. The molecule has 3 rings (SSSR count). The van der Waals surface area contributed by atoms with Crippen molar-refractivity contribution in [3.05, 3.63) is 85.5 Å². The molecule has 0 fully saturated rings. The fraction of sp³-hybridized carbons (Fsp3) is 0.292. The van der Waals surface area contributed by atoms with Crippen LogP contribution in [-0.4, -0.2) is 28.5 Å². The second kappa shape index (κ2) is 10.4. The number of carbonyl (C=O) groups is 1. The fourth-order valence-corrected chi connectivity index (χ4v) is 3.68. The highest BCUT2D eigenvalue weighted by atomic mass is 35.5. The van der Waals surface area contributed by atoms with Crippen LogP contribution in [0, 0.1) is 12.8 Å². The van der Waals surface area contributed by atoms with E-state index in [4.69, 9.17) is 17.3 Å². The fourth-order valence-electron chi connectivity index (χ4n) is 3.51. The van der Waals surface area contributed by atoms with Crippen LogP contribution in [0.5, 0.6) is 0 Å². The SMILES string of the molecule is Cc1c(Cl)cccc1NCC(=O)N(CC(C)C)c1c(N)n(Cc2ccccc2)c(=O)[nH]c1=O. The second-order valence-corrected chi connectivity index (χ2v) is 8.64. The molecule has 1 amide bonds. The minimum Gasteiger partial charge on any atom is -0.383 e. The monoisotopic (exact) mass is 469 g/mol. The van der Waals surface area contributed by atoms with Gasteiger partial charge < -0.3 is 16.0 Å². The third kappa shape index (κ3) is 5.64. The molecule has 174 valence electrons. The maximum absolute atomic E-state index is 13.2. The van der Waals surface area contributed by atoms with Crippen LogP contribution in [0.4, 0.5) is 17.2 Å². The van der Waals surface area contributed by atoms with Crippen molar-refractivity contribution in [2.75, 3.05) is 29.0 Å². The Morgan fingerprint density at radius 2 is 1.85 bits per heavy atom. The average molecular weight is 470 g/mol. The van der Waals surface area contributed by atoms with Gasteiger partial charge in [-0.15, -0.1) is 0 Å². The lowest BCUT2D eigenvalue weighted by Gasteiger charge is -2.26. The number of halogens is 1. The van der Waals surface area contributed by atoms with Crippen molar-refractivity contribution in [2.24, 2.45) is 5.92 Å². The van der Waals surface area contributed by atoms with Gasteiger partial charge in [0.2, 0.25) is 5.91 Å². The molecule has 0 aliphatic heterocycles. The summed E-state index contributed by atoms with van der Waals surface area (Å²) in [7, 11) is 0. The minimum absolute atomic E-state index is 0.0335. The molecule has 33 heavy (non-hydrogen) atoms. The van der Waals surface area contributed by atoms with Gasteiger partial charge in [0.05, 0.1) is 13.1 Å². The molecule has 0 unspecified atom stereocenters. The van der Waals surface area contributed by atoms with Crippen molar-refractivity contribution in [3.8, 4) is 0 Å². The number of nitrogens with zero attached hydrogens (tertiary/aromatic N) is 2. The van der Waals surface area contributed by atoms with E-state index in [2.05, 4.69) is 10.3 Å². The lowest BCUT2D eigenvalue weighted by molar-refractivity contribution is -0.117. The van der Waals surface area contributed by atoms with Gasteiger partial charge in [0, 0.05) is 17.3 Å². The Bertz CT molecular complexity index is 1250. The van der Waals surface area contributed by atoms with E-state index in [1.54, 1.807) is 12.1 Å². The van der Waals surface area contributed by atoms with Crippen LogP contribution in [0.3, 0.4) is 0 Å². The summed E-state index contributed by atoms with van der Waals surface area (Å²) in [6.45, 7) is 6.05. The summed E-state index contributed by atoms with van der Waals surface area (Å²) in [5.74, 6) is -0.360. The molecular formula is C24H28ClN5O3. The number of carbonyl (C=O) groups excluding carboxylic acids is 1. The Balaban J connectivity index is 1.96. The van der Waals surface area contributed by atoms with Crippen molar-refractivity contribution in [2.45, 2.75) is 27.3 Å². The van der Waals surface area contributed by atoms with Gasteiger partial charge in [0.15, 0.2) is 5.69 Å². The molecule has 0 spiro atoms. The van der Waals surface area contributed by atoms with E-state index in [-0.39, 0.29) is 43.0 Å². The van der Waals surface area contributed by atoms with Gasteiger partial charge in [-0.3, -0.25) is 19.1 Å². The Morgan fingerprint density at radius 3 is 2.52 bits per heavy atom. The van der Waals surface area contributed by atoms with E-state index in [1.165, 1.54) is 9.47 Å². The average Bonchev–Trinajstić information content (AvgIpc) is 2.77. The first-order chi connectivity index (χ1) is 15.7. The first kappa shape index (κ1) is 24.1. The summed E-state index contributed by atoms with van der Waals surface area (Å²) in [4.78, 5) is 42.2. The molecular weight excluding hydrogens is 442 g/mol. The quantitative estimate of drug-likeness (QED) is 0.468. The summed E-state index contributed by atoms with van der Waals surface area (Å²) in [6, 6.07) is 14.6. The lowest BCUT2D eigenvalue weighted by atomic mass is 10.2. The van der Waals surface area contributed by atoms with Crippen molar-refractivity contribution in [1.82, 2.24) is 9.55 Å². The van der Waals surface area contributed by atoms with E-state index in [0.717, 1.165) is 16.8 Å². The van der Waals surface area contributed by atoms with Crippen molar-refractivity contribution >= 4 is 34.7 Å². The van der Waals surface area contributed by atoms with Crippen LogP contribution in [0.25, 0.3) is 0 Å². The molecule has 0 saturated heterocycles. The topological polar surface area (TPSA) is 113 Å². The third-order valence-electron chi connectivity index (χ3n) is 5.21. The molecule has 0 aliphatic rings. The predicted molar refractivity (Wildman–Crippen MR) is 133 cm³/mol. The van der Waals surface area contributed by atoms with Crippen LogP contribution in [0.1, 0.15) is 25.0 Å². The molecule has 1 aromatic heterocycles. The van der Waals surface area contributed by atoms with Crippen molar-refractivity contribution in [1.29, 1.82) is 0 Å². The highest BCUT2D eigenvalue weighted by Gasteiger charge is 2.25. The van der Waals surface area contributed by atoms with Gasteiger partial charge in [0.1, 0.15) is 5.82 Å². The molecule has 8 nitrogen and oxygen atoms in total. The van der Waals surface area contributed by atoms with Gasteiger partial charge in [-0.25, -0.2) is 4.79 Å². The number of hydrogen-bond donors (Lipinski definition) is 3. The number of benzene rings is 2. The van der Waals surface area contributed by atoms with E-state index in [1.807, 2.05) is 57.2 Å². The zero-order valence-corrected chi connectivity index (χ0v) is 19.6. The van der Waals surface area contributed by atoms with Crippen LogP contribution in [0.15, 0.2) is 58.1 Å². The number of rotatable bonds is 8. The molecule has 0 saturated carbocycles. The number of hydrogen-bond acceptors (Lipinski definition) is 5. The Morgan fingerprint density at radius 1 is 1.15 bits per heavy atom. The van der Waals surface area contributed by atoms with Gasteiger partial charge in [-0.1, -0.05) is 61.8 Å². The van der Waals surface area contributed by atoms with Gasteiger partial charge >= 0.3 is 5.69 Å². The number of aromatic nitrogens is 2. The first-order valence-corrected chi connectivity index (χ1v) is 11.0. The zero-order chi connectivity index (χ0) is 24.1. The Labute approximate surface area is 197 Å². The highest BCUT2D eigenvalue weighted by molar-refractivity contribution is 6.31. The number of aromatic amines is 1. The van der Waals surface area contributed by atoms with Gasteiger partial charge in [-0.05, 0) is 36.1 Å². The smallest absolute Gasteiger partial charge is 0.330 e. The van der Waals surface area contributed by atoms with Crippen LogP contribution in [-0.2, 0) is 11.3 Å². The highest BCUT2D eigenvalue weighted by Crippen LogP contribution is 2.23. The van der Waals surface area contributed by atoms with Gasteiger partial charge in [0.25, 0.3) is 5.56 Å². The molecule has 9 heteroatoms. The van der Waals surface area contributed by atoms with Crippen molar-refractivity contribution < 1.29 is 4.79 Å². The van der Waals surface area contributed by atoms with Crippen LogP contribution >= 0.6 is 11.6 Å². The maximum atomic E-state index is 13.2. The molecule has 0 radical (unpaired) electrons. The van der Waals surface area contributed by atoms with Gasteiger partial charge in [-0.2, -0.15) is 0 Å². The number of nitrogens with one attached hydrogen (secondary N) is 2. The van der Waals surface area contributed by atoms with Crippen LogP contribution < -0.4 is 27.2 Å². The summed E-state index contributed by atoms with van der Waals surface area (Å²) in [5, 5.41) is 3.67. The van der Waals surface area contributed by atoms with E-state index < -0.39 is 11.2 Å². The molecule has 0 atom stereocenters. The number of anilines is 3. The number of nitrogens with two attached hydrogens (primary N) is 1. The summed E-state index contributed by atoms with van der Waals surface area (Å²) >= 11 is 6.17. The normalized spacial score (nSPS) is 10.9. The van der Waals surface area contributed by atoms with Crippen LogP contribution in [0.2, 0.25) is 5.02 Å². The molecule has 2 aromatic carbocycles. The van der Waals surface area contributed by atoms with Crippen molar-refractivity contribution in [3.63, 3.8) is 0 Å². The molecule has 0 aliphatic carbocycles. The molecule has 0 bridgehead atoms. The largest absolute Gasteiger partial charge is 0.383 e. The summed E-state index contributed by atoms with van der Waals surface area (Å²) in [6.07, 6.45) is 0. The second-order valence-electron chi connectivity index (χ2n) is 8.23.